The molecule has 0 spiro atoms. The summed E-state index contributed by atoms with van der Waals surface area (Å²) in [6, 6.07) is 6.12. The van der Waals surface area contributed by atoms with Crippen LogP contribution in [-0.4, -0.2) is 33.4 Å². The van der Waals surface area contributed by atoms with Crippen LogP contribution in [0.1, 0.15) is 36.2 Å². The molecule has 1 aromatic heterocycles. The SMILES string of the molecule is O=C(c1cn(-c2ccc(F)cc2)cn1)N1CCCCCC1. The fraction of sp³-hybridized carbons (Fsp3) is 0.375. The van der Waals surface area contributed by atoms with Crippen molar-refractivity contribution in [3.63, 3.8) is 0 Å². The van der Waals surface area contributed by atoms with Crippen LogP contribution in [0.5, 0.6) is 0 Å². The van der Waals surface area contributed by atoms with Crippen LogP contribution in [0.4, 0.5) is 4.39 Å². The number of imidazole rings is 1. The molecule has 1 saturated heterocycles. The topological polar surface area (TPSA) is 38.1 Å². The Morgan fingerprint density at radius 2 is 1.71 bits per heavy atom. The summed E-state index contributed by atoms with van der Waals surface area (Å²) in [7, 11) is 0. The highest BCUT2D eigenvalue weighted by molar-refractivity contribution is 5.92. The highest BCUT2D eigenvalue weighted by Crippen LogP contribution is 2.14. The third-order valence-corrected chi connectivity index (χ3v) is 3.82. The molecule has 2 heterocycles. The Balaban J connectivity index is 1.77. The largest absolute Gasteiger partial charge is 0.337 e. The molecule has 0 saturated carbocycles. The second-order valence-corrected chi connectivity index (χ2v) is 5.35. The summed E-state index contributed by atoms with van der Waals surface area (Å²) in [5.41, 5.74) is 1.24. The lowest BCUT2D eigenvalue weighted by atomic mass is 10.2. The van der Waals surface area contributed by atoms with E-state index in [9.17, 15) is 9.18 Å². The maximum Gasteiger partial charge on any atom is 0.274 e. The van der Waals surface area contributed by atoms with E-state index < -0.39 is 0 Å². The number of hydrogen-bond donors (Lipinski definition) is 0. The van der Waals surface area contributed by atoms with E-state index in [-0.39, 0.29) is 11.7 Å². The van der Waals surface area contributed by atoms with Crippen LogP contribution in [0.15, 0.2) is 36.8 Å². The van der Waals surface area contributed by atoms with Crippen LogP contribution in [-0.2, 0) is 0 Å². The molecule has 1 aliphatic rings. The molecule has 3 rings (SSSR count). The Morgan fingerprint density at radius 1 is 1.05 bits per heavy atom. The van der Waals surface area contributed by atoms with Crippen LogP contribution in [0.25, 0.3) is 5.69 Å². The van der Waals surface area contributed by atoms with Gasteiger partial charge in [0.05, 0.1) is 0 Å². The van der Waals surface area contributed by atoms with Gasteiger partial charge < -0.3 is 9.47 Å². The van der Waals surface area contributed by atoms with Crippen LogP contribution in [0, 0.1) is 5.82 Å². The van der Waals surface area contributed by atoms with Gasteiger partial charge in [0.25, 0.3) is 5.91 Å². The number of hydrogen-bond acceptors (Lipinski definition) is 2. The van der Waals surface area contributed by atoms with Gasteiger partial charge in [-0.2, -0.15) is 0 Å². The standard InChI is InChI=1S/C16H18FN3O/c17-13-5-7-14(8-6-13)20-11-15(18-12-20)16(21)19-9-3-1-2-4-10-19/h5-8,11-12H,1-4,9-10H2. The first-order valence-electron chi connectivity index (χ1n) is 7.33. The number of carbonyl (C=O) groups is 1. The highest BCUT2D eigenvalue weighted by atomic mass is 19.1. The maximum atomic E-state index is 12.9. The van der Waals surface area contributed by atoms with Crippen LogP contribution >= 0.6 is 0 Å². The average Bonchev–Trinajstić information content (AvgIpc) is 2.83. The molecule has 5 heteroatoms. The summed E-state index contributed by atoms with van der Waals surface area (Å²) >= 11 is 0. The fourth-order valence-corrected chi connectivity index (χ4v) is 2.62. The molecular weight excluding hydrogens is 269 g/mol. The van der Waals surface area contributed by atoms with E-state index in [1.165, 1.54) is 25.0 Å². The normalized spacial score (nSPS) is 15.8. The number of aromatic nitrogens is 2. The van der Waals surface area contributed by atoms with Gasteiger partial charge in [0.2, 0.25) is 0 Å². The lowest BCUT2D eigenvalue weighted by Crippen LogP contribution is -2.32. The summed E-state index contributed by atoms with van der Waals surface area (Å²) in [5.74, 6) is -0.294. The van der Waals surface area contributed by atoms with Crippen LogP contribution in [0.3, 0.4) is 0 Å². The summed E-state index contributed by atoms with van der Waals surface area (Å²) in [6.07, 6.45) is 7.80. The zero-order valence-corrected chi connectivity index (χ0v) is 11.8. The van der Waals surface area contributed by atoms with E-state index in [0.29, 0.717) is 5.69 Å². The van der Waals surface area contributed by atoms with Gasteiger partial charge in [-0.05, 0) is 37.1 Å². The summed E-state index contributed by atoms with van der Waals surface area (Å²) < 4.78 is 14.7. The fourth-order valence-electron chi connectivity index (χ4n) is 2.62. The van der Waals surface area contributed by atoms with Crippen molar-refractivity contribution < 1.29 is 9.18 Å². The maximum absolute atomic E-state index is 12.9. The highest BCUT2D eigenvalue weighted by Gasteiger charge is 2.19. The second kappa shape index (κ2) is 6.08. The molecule has 21 heavy (non-hydrogen) atoms. The number of carbonyl (C=O) groups excluding carboxylic acids is 1. The predicted molar refractivity (Wildman–Crippen MR) is 77.9 cm³/mol. The molecule has 0 N–H and O–H groups in total. The summed E-state index contributed by atoms with van der Waals surface area (Å²) in [6.45, 7) is 1.62. The Kier molecular flexibility index (Phi) is 3.99. The molecule has 0 atom stereocenters. The van der Waals surface area contributed by atoms with Crippen molar-refractivity contribution in [3.8, 4) is 5.69 Å². The summed E-state index contributed by atoms with van der Waals surface area (Å²) in [5, 5.41) is 0. The van der Waals surface area contributed by atoms with E-state index in [1.807, 2.05) is 4.90 Å². The minimum Gasteiger partial charge on any atom is -0.337 e. The first-order chi connectivity index (χ1) is 10.2. The van der Waals surface area contributed by atoms with Crippen molar-refractivity contribution >= 4 is 5.91 Å². The molecular formula is C16H18FN3O. The van der Waals surface area contributed by atoms with Gasteiger partial charge in [-0.15, -0.1) is 0 Å². The smallest absolute Gasteiger partial charge is 0.274 e. The van der Waals surface area contributed by atoms with Gasteiger partial charge in [0, 0.05) is 25.0 Å². The second-order valence-electron chi connectivity index (χ2n) is 5.35. The molecule has 1 fully saturated rings. The van der Waals surface area contributed by atoms with E-state index in [4.69, 9.17) is 0 Å². The molecule has 1 aromatic carbocycles. The first kappa shape index (κ1) is 13.8. The third kappa shape index (κ3) is 3.12. The first-order valence-corrected chi connectivity index (χ1v) is 7.33. The molecule has 4 nitrogen and oxygen atoms in total. The van der Waals surface area contributed by atoms with E-state index >= 15 is 0 Å². The number of amides is 1. The predicted octanol–water partition coefficient (Wildman–Crippen LogP) is 3.03. The van der Waals surface area contributed by atoms with Crippen molar-refractivity contribution in [2.75, 3.05) is 13.1 Å². The minimum absolute atomic E-state index is 0.0160. The molecule has 0 bridgehead atoms. The van der Waals surface area contributed by atoms with Crippen molar-refractivity contribution in [2.45, 2.75) is 25.7 Å². The molecule has 1 aliphatic heterocycles. The van der Waals surface area contributed by atoms with Crippen molar-refractivity contribution in [1.82, 2.24) is 14.5 Å². The van der Waals surface area contributed by atoms with Crippen molar-refractivity contribution in [3.05, 3.63) is 48.3 Å². The number of nitrogens with zero attached hydrogens (tertiary/aromatic N) is 3. The Bertz CT molecular complexity index is 613. The van der Waals surface area contributed by atoms with Crippen LogP contribution in [0.2, 0.25) is 0 Å². The lowest BCUT2D eigenvalue weighted by molar-refractivity contribution is 0.0756. The molecule has 0 unspecified atom stereocenters. The average molecular weight is 287 g/mol. The number of halogens is 1. The Morgan fingerprint density at radius 3 is 2.38 bits per heavy atom. The van der Waals surface area contributed by atoms with Gasteiger partial charge in [-0.3, -0.25) is 4.79 Å². The van der Waals surface area contributed by atoms with Gasteiger partial charge >= 0.3 is 0 Å². The summed E-state index contributed by atoms with van der Waals surface area (Å²) in [4.78, 5) is 18.5. The number of likely N-dealkylation sites (tertiary alicyclic amines) is 1. The lowest BCUT2D eigenvalue weighted by Gasteiger charge is -2.18. The van der Waals surface area contributed by atoms with E-state index in [0.717, 1.165) is 31.6 Å². The van der Waals surface area contributed by atoms with Gasteiger partial charge in [-0.25, -0.2) is 9.37 Å². The Hall–Kier alpha value is -2.17. The monoisotopic (exact) mass is 287 g/mol. The molecule has 0 aliphatic carbocycles. The van der Waals surface area contributed by atoms with Gasteiger partial charge in [0.15, 0.2) is 0 Å². The van der Waals surface area contributed by atoms with E-state index in [2.05, 4.69) is 4.98 Å². The Labute approximate surface area is 123 Å². The molecule has 2 aromatic rings. The van der Waals surface area contributed by atoms with Gasteiger partial charge in [0.1, 0.15) is 17.8 Å². The van der Waals surface area contributed by atoms with Crippen LogP contribution < -0.4 is 0 Å². The molecule has 110 valence electrons. The van der Waals surface area contributed by atoms with E-state index in [1.54, 1.807) is 29.2 Å². The zero-order valence-electron chi connectivity index (χ0n) is 11.8. The number of benzene rings is 1. The molecule has 1 amide bonds. The molecule has 0 radical (unpaired) electrons. The third-order valence-electron chi connectivity index (χ3n) is 3.82. The minimum atomic E-state index is -0.278. The van der Waals surface area contributed by atoms with Gasteiger partial charge in [-0.1, -0.05) is 12.8 Å². The van der Waals surface area contributed by atoms with Crippen molar-refractivity contribution in [1.29, 1.82) is 0 Å². The quantitative estimate of drug-likeness (QED) is 0.851. The van der Waals surface area contributed by atoms with Crippen molar-refractivity contribution in [2.24, 2.45) is 0 Å². The zero-order chi connectivity index (χ0) is 14.7. The number of rotatable bonds is 2.